The van der Waals surface area contributed by atoms with Crippen LogP contribution in [0, 0.1) is 0 Å². The molecule has 0 fully saturated rings. The molecule has 0 saturated carbocycles. The Morgan fingerprint density at radius 3 is 1.56 bits per heavy atom. The zero-order valence-electron chi connectivity index (χ0n) is 34.9. The van der Waals surface area contributed by atoms with E-state index >= 15 is 0 Å². The molecule has 0 heterocycles. The molecule has 0 amide bonds. The standard InChI is InChI=1S/C44H76NO11P/c1-2-3-4-5-6-7-8-9-13-17-20-23-26-29-32-35-43(48)56-40(38-54-57(51,52)55-39-41(45)44(49)50)37-53-42(47)34-31-28-25-22-19-16-14-11-10-12-15-18-21-24-27-30-33-36-46/h9-10,12-14,16,18,21-22,25,40-41,46H,2-8,11,15,17,19-20,23-24,26-39,45H2,1H3,(H,49,50)(H,51,52)/b12-10-,13-9-,16-14-,21-18-,25-22-/t40-,41+/m1/s1. The minimum Gasteiger partial charge on any atom is -0.480 e. The SMILES string of the molecule is CCCCCCCC/C=C\CCCCCCCC(=O)O[C@H](COC(=O)CCC/C=C\C/C=C\C/C=C\C/C=C\CCCCCO)COP(=O)(O)OC[C@H](N)C(=O)O. The summed E-state index contributed by atoms with van der Waals surface area (Å²) in [5.41, 5.74) is 5.32. The summed E-state index contributed by atoms with van der Waals surface area (Å²) in [5, 5.41) is 17.7. The van der Waals surface area contributed by atoms with Crippen LogP contribution in [0.3, 0.4) is 0 Å². The van der Waals surface area contributed by atoms with Crippen molar-refractivity contribution >= 4 is 25.7 Å². The largest absolute Gasteiger partial charge is 0.480 e. The van der Waals surface area contributed by atoms with Gasteiger partial charge in [0, 0.05) is 19.4 Å². The highest BCUT2D eigenvalue weighted by Crippen LogP contribution is 2.43. The number of hydrogen-bond donors (Lipinski definition) is 4. The van der Waals surface area contributed by atoms with Gasteiger partial charge in [0.2, 0.25) is 0 Å². The molecule has 0 aromatic rings. The first-order chi connectivity index (χ1) is 27.6. The van der Waals surface area contributed by atoms with Crippen LogP contribution < -0.4 is 5.73 Å². The highest BCUT2D eigenvalue weighted by Gasteiger charge is 2.28. The predicted molar refractivity (Wildman–Crippen MR) is 227 cm³/mol. The summed E-state index contributed by atoms with van der Waals surface area (Å²) in [4.78, 5) is 45.9. The van der Waals surface area contributed by atoms with Gasteiger partial charge in [0.1, 0.15) is 12.6 Å². The second-order valence-corrected chi connectivity index (χ2v) is 15.6. The first kappa shape index (κ1) is 54.1. The molecule has 0 aliphatic rings. The van der Waals surface area contributed by atoms with E-state index in [2.05, 4.69) is 60.1 Å². The Labute approximate surface area is 343 Å². The Morgan fingerprint density at radius 1 is 0.579 bits per heavy atom. The van der Waals surface area contributed by atoms with Gasteiger partial charge >= 0.3 is 25.7 Å². The van der Waals surface area contributed by atoms with Gasteiger partial charge in [-0.1, -0.05) is 125 Å². The van der Waals surface area contributed by atoms with E-state index in [0.29, 0.717) is 19.3 Å². The lowest BCUT2D eigenvalue weighted by molar-refractivity contribution is -0.161. The number of aliphatic hydroxyl groups excluding tert-OH is 1. The third kappa shape index (κ3) is 39.7. The summed E-state index contributed by atoms with van der Waals surface area (Å²) in [6.07, 6.45) is 43.0. The van der Waals surface area contributed by atoms with Crippen molar-refractivity contribution in [1.82, 2.24) is 0 Å². The number of allylic oxidation sites excluding steroid dienone is 10. The molecule has 57 heavy (non-hydrogen) atoms. The molecular formula is C44H76NO11P. The number of nitrogens with two attached hydrogens (primary N) is 1. The van der Waals surface area contributed by atoms with Crippen LogP contribution in [0.2, 0.25) is 0 Å². The molecule has 0 aliphatic heterocycles. The second-order valence-electron chi connectivity index (χ2n) is 14.2. The topological polar surface area (TPSA) is 192 Å². The molecule has 0 radical (unpaired) electrons. The van der Waals surface area contributed by atoms with Crippen molar-refractivity contribution < 1.29 is 52.6 Å². The van der Waals surface area contributed by atoms with Crippen LogP contribution in [0.5, 0.6) is 0 Å². The Hall–Kier alpha value is -2.86. The van der Waals surface area contributed by atoms with E-state index < -0.39 is 51.1 Å². The first-order valence-corrected chi connectivity index (χ1v) is 22.9. The predicted octanol–water partition coefficient (Wildman–Crippen LogP) is 10.1. The smallest absolute Gasteiger partial charge is 0.472 e. The van der Waals surface area contributed by atoms with Crippen LogP contribution in [-0.2, 0) is 37.5 Å². The van der Waals surface area contributed by atoms with Gasteiger partial charge in [-0.2, -0.15) is 0 Å². The molecule has 0 aromatic carbocycles. The molecule has 0 bridgehead atoms. The highest BCUT2D eigenvalue weighted by atomic mass is 31.2. The van der Waals surface area contributed by atoms with Crippen molar-refractivity contribution in [2.24, 2.45) is 5.73 Å². The Balaban J connectivity index is 4.48. The fraction of sp³-hybridized carbons (Fsp3) is 0.705. The van der Waals surface area contributed by atoms with E-state index in [0.717, 1.165) is 83.5 Å². The third-order valence-corrected chi connectivity index (χ3v) is 9.74. The molecule has 1 unspecified atom stereocenters. The van der Waals surface area contributed by atoms with Crippen molar-refractivity contribution in [2.75, 3.05) is 26.4 Å². The molecule has 12 nitrogen and oxygen atoms in total. The summed E-state index contributed by atoms with van der Waals surface area (Å²) < 4.78 is 32.6. The lowest BCUT2D eigenvalue weighted by Crippen LogP contribution is -2.34. The third-order valence-electron chi connectivity index (χ3n) is 8.79. The van der Waals surface area contributed by atoms with Gasteiger partial charge in [-0.3, -0.25) is 23.4 Å². The summed E-state index contributed by atoms with van der Waals surface area (Å²) in [6, 6.07) is -1.54. The van der Waals surface area contributed by atoms with Crippen LogP contribution in [0.25, 0.3) is 0 Å². The number of esters is 2. The summed E-state index contributed by atoms with van der Waals surface area (Å²) in [5.74, 6) is -2.48. The van der Waals surface area contributed by atoms with Gasteiger partial charge in [0.25, 0.3) is 0 Å². The quantitative estimate of drug-likeness (QED) is 0.0198. The van der Waals surface area contributed by atoms with E-state index in [1.54, 1.807) is 0 Å². The molecule has 0 rings (SSSR count). The van der Waals surface area contributed by atoms with Gasteiger partial charge in [0.15, 0.2) is 6.10 Å². The van der Waals surface area contributed by atoms with Crippen LogP contribution in [0.4, 0.5) is 0 Å². The Bertz CT molecular complexity index is 1200. The minimum absolute atomic E-state index is 0.132. The average Bonchev–Trinajstić information content (AvgIpc) is 3.19. The maximum atomic E-state index is 12.6. The van der Waals surface area contributed by atoms with Crippen LogP contribution in [-0.4, -0.2) is 71.6 Å². The number of carboxylic acid groups (broad SMARTS) is 1. The molecule has 0 saturated heterocycles. The Kier molecular flexibility index (Phi) is 37.9. The van der Waals surface area contributed by atoms with E-state index in [9.17, 15) is 23.8 Å². The molecule has 0 aliphatic carbocycles. The fourth-order valence-electron chi connectivity index (χ4n) is 5.38. The normalized spacial score (nSPS) is 14.3. The molecule has 328 valence electrons. The fourth-order valence-corrected chi connectivity index (χ4v) is 6.16. The average molecular weight is 826 g/mol. The van der Waals surface area contributed by atoms with Crippen LogP contribution >= 0.6 is 7.82 Å². The van der Waals surface area contributed by atoms with E-state index in [1.807, 2.05) is 12.2 Å². The van der Waals surface area contributed by atoms with Gasteiger partial charge in [-0.25, -0.2) is 4.57 Å². The van der Waals surface area contributed by atoms with Crippen LogP contribution in [0.15, 0.2) is 60.8 Å². The first-order valence-electron chi connectivity index (χ1n) is 21.4. The van der Waals surface area contributed by atoms with Crippen LogP contribution in [0.1, 0.15) is 161 Å². The number of aliphatic carboxylic acids is 1. The van der Waals surface area contributed by atoms with E-state index in [1.165, 1.54) is 38.5 Å². The number of phosphoric ester groups is 1. The van der Waals surface area contributed by atoms with Crippen molar-refractivity contribution in [1.29, 1.82) is 0 Å². The van der Waals surface area contributed by atoms with Gasteiger partial charge < -0.3 is 30.3 Å². The molecule has 0 spiro atoms. The zero-order chi connectivity index (χ0) is 42.1. The molecule has 0 aromatic heterocycles. The number of aliphatic hydroxyl groups is 1. The monoisotopic (exact) mass is 826 g/mol. The molecule has 3 atom stereocenters. The maximum absolute atomic E-state index is 12.6. The number of carbonyl (C=O) groups is 3. The number of phosphoric acid groups is 1. The van der Waals surface area contributed by atoms with E-state index in [4.69, 9.17) is 29.9 Å². The maximum Gasteiger partial charge on any atom is 0.472 e. The van der Waals surface area contributed by atoms with Gasteiger partial charge in [-0.15, -0.1) is 0 Å². The van der Waals surface area contributed by atoms with Crippen molar-refractivity contribution in [3.05, 3.63) is 60.8 Å². The van der Waals surface area contributed by atoms with Crippen molar-refractivity contribution in [3.63, 3.8) is 0 Å². The number of rotatable bonds is 40. The number of unbranched alkanes of at least 4 members (excludes halogenated alkanes) is 15. The number of ether oxygens (including phenoxy) is 2. The molecule has 13 heteroatoms. The summed E-state index contributed by atoms with van der Waals surface area (Å²) in [6.45, 7) is 0.727. The van der Waals surface area contributed by atoms with E-state index in [-0.39, 0.29) is 26.1 Å². The lowest BCUT2D eigenvalue weighted by atomic mass is 10.1. The van der Waals surface area contributed by atoms with Gasteiger partial charge in [0.05, 0.1) is 13.2 Å². The zero-order valence-corrected chi connectivity index (χ0v) is 35.8. The molecular weight excluding hydrogens is 749 g/mol. The molecule has 5 N–H and O–H groups in total. The lowest BCUT2D eigenvalue weighted by Gasteiger charge is -2.20. The minimum atomic E-state index is -4.74. The summed E-state index contributed by atoms with van der Waals surface area (Å²) >= 11 is 0. The highest BCUT2D eigenvalue weighted by molar-refractivity contribution is 7.47. The summed E-state index contributed by atoms with van der Waals surface area (Å²) in [7, 11) is -4.74. The number of carbonyl (C=O) groups excluding carboxylic acids is 2. The second kappa shape index (κ2) is 39.9. The number of hydrogen-bond acceptors (Lipinski definition) is 10. The Morgan fingerprint density at radius 2 is 1.02 bits per heavy atom. The van der Waals surface area contributed by atoms with Crippen molar-refractivity contribution in [3.8, 4) is 0 Å². The van der Waals surface area contributed by atoms with Crippen molar-refractivity contribution in [2.45, 2.75) is 173 Å². The van der Waals surface area contributed by atoms with Gasteiger partial charge in [-0.05, 0) is 83.5 Å². The number of carboxylic acids is 1.